The first kappa shape index (κ1) is 22.0. The van der Waals surface area contributed by atoms with Crippen LogP contribution < -0.4 is 15.2 Å². The van der Waals surface area contributed by atoms with Crippen LogP contribution in [0.15, 0.2) is 41.3 Å². The molecular formula is C20H16Cl2N2O5S. The molecule has 1 aliphatic heterocycles. The quantitative estimate of drug-likeness (QED) is 0.616. The Balaban J connectivity index is 1.83. The van der Waals surface area contributed by atoms with Crippen molar-refractivity contribution in [3.8, 4) is 11.5 Å². The largest absolute Gasteiger partial charge is 0.493 e. The lowest BCUT2D eigenvalue weighted by molar-refractivity contribution is -0.123. The topological polar surface area (TPSA) is 98.9 Å². The van der Waals surface area contributed by atoms with Crippen LogP contribution in [-0.4, -0.2) is 35.7 Å². The third-order valence-electron chi connectivity index (χ3n) is 4.04. The number of amides is 3. The van der Waals surface area contributed by atoms with Gasteiger partial charge in [0.25, 0.3) is 17.1 Å². The zero-order valence-corrected chi connectivity index (χ0v) is 18.0. The highest BCUT2D eigenvalue weighted by Gasteiger charge is 2.35. The molecule has 1 heterocycles. The van der Waals surface area contributed by atoms with Crippen molar-refractivity contribution in [3.05, 3.63) is 62.5 Å². The van der Waals surface area contributed by atoms with Crippen molar-refractivity contribution >= 4 is 58.1 Å². The lowest BCUT2D eigenvalue weighted by Gasteiger charge is -2.13. The van der Waals surface area contributed by atoms with Gasteiger partial charge in [-0.3, -0.25) is 19.3 Å². The van der Waals surface area contributed by atoms with Gasteiger partial charge in [0.05, 0.1) is 23.6 Å². The molecule has 1 aliphatic rings. The van der Waals surface area contributed by atoms with Crippen LogP contribution in [0.2, 0.25) is 10.0 Å². The molecule has 0 saturated carbocycles. The Morgan fingerprint density at radius 1 is 1.20 bits per heavy atom. The van der Waals surface area contributed by atoms with Gasteiger partial charge in [0.2, 0.25) is 0 Å². The molecule has 0 bridgehead atoms. The van der Waals surface area contributed by atoms with Gasteiger partial charge in [0.1, 0.15) is 0 Å². The van der Waals surface area contributed by atoms with Gasteiger partial charge in [0.15, 0.2) is 18.1 Å². The van der Waals surface area contributed by atoms with Crippen LogP contribution in [0, 0.1) is 0 Å². The Bertz CT molecular complexity index is 1040. The van der Waals surface area contributed by atoms with Crippen LogP contribution >= 0.6 is 35.0 Å². The maximum Gasteiger partial charge on any atom is 0.293 e. The van der Waals surface area contributed by atoms with Crippen LogP contribution in [0.25, 0.3) is 6.08 Å². The van der Waals surface area contributed by atoms with Crippen molar-refractivity contribution in [2.75, 3.05) is 13.7 Å². The molecule has 3 rings (SSSR count). The highest BCUT2D eigenvalue weighted by molar-refractivity contribution is 8.18. The lowest BCUT2D eigenvalue weighted by atomic mass is 10.1. The summed E-state index contributed by atoms with van der Waals surface area (Å²) < 4.78 is 10.5. The van der Waals surface area contributed by atoms with Crippen LogP contribution in [0.4, 0.5) is 4.79 Å². The van der Waals surface area contributed by atoms with Crippen molar-refractivity contribution in [3.63, 3.8) is 0 Å². The zero-order chi connectivity index (χ0) is 21.8. The van der Waals surface area contributed by atoms with E-state index in [1.165, 1.54) is 13.2 Å². The first-order valence-corrected chi connectivity index (χ1v) is 10.1. The SMILES string of the molecule is COc1cc(/C=C2\SC(=O)N(Cc3ccc(Cl)cc3)C2=O)cc(Cl)c1OCC(N)=O. The molecule has 10 heteroatoms. The average Bonchev–Trinajstić information content (AvgIpc) is 2.95. The second kappa shape index (κ2) is 9.42. The predicted octanol–water partition coefficient (Wildman–Crippen LogP) is 4.10. The van der Waals surface area contributed by atoms with E-state index >= 15 is 0 Å². The molecule has 2 N–H and O–H groups in total. The predicted molar refractivity (Wildman–Crippen MR) is 116 cm³/mol. The Hall–Kier alpha value is -2.68. The Kier molecular flexibility index (Phi) is 6.91. The first-order valence-electron chi connectivity index (χ1n) is 8.57. The minimum atomic E-state index is -0.661. The molecule has 30 heavy (non-hydrogen) atoms. The highest BCUT2D eigenvalue weighted by Crippen LogP contribution is 2.39. The molecule has 0 spiro atoms. The molecule has 1 fully saturated rings. The van der Waals surface area contributed by atoms with Gasteiger partial charge in [-0.25, -0.2) is 0 Å². The smallest absolute Gasteiger partial charge is 0.293 e. The normalized spacial score (nSPS) is 15.0. The van der Waals surface area contributed by atoms with E-state index < -0.39 is 11.8 Å². The summed E-state index contributed by atoms with van der Waals surface area (Å²) in [7, 11) is 1.41. The van der Waals surface area contributed by atoms with Crippen molar-refractivity contribution in [2.45, 2.75) is 6.54 Å². The van der Waals surface area contributed by atoms with E-state index in [9.17, 15) is 14.4 Å². The fraction of sp³-hybridized carbons (Fsp3) is 0.150. The maximum atomic E-state index is 12.7. The van der Waals surface area contributed by atoms with Crippen LogP contribution in [0.1, 0.15) is 11.1 Å². The number of nitrogens with zero attached hydrogens (tertiary/aromatic N) is 1. The van der Waals surface area contributed by atoms with E-state index in [0.29, 0.717) is 10.6 Å². The molecule has 1 saturated heterocycles. The number of carbonyl (C=O) groups excluding carboxylic acids is 3. The number of rotatable bonds is 7. The minimum absolute atomic E-state index is 0.142. The lowest BCUT2D eigenvalue weighted by Crippen LogP contribution is -2.27. The molecule has 0 aliphatic carbocycles. The van der Waals surface area contributed by atoms with Crippen LogP contribution in [-0.2, 0) is 16.1 Å². The van der Waals surface area contributed by atoms with Crippen LogP contribution in [0.3, 0.4) is 0 Å². The van der Waals surface area contributed by atoms with Crippen molar-refractivity contribution in [1.29, 1.82) is 0 Å². The standard InChI is InChI=1S/C20H16Cl2N2O5S/c1-28-15-7-12(6-14(22)18(15)29-10-17(23)25)8-16-19(26)24(20(27)30-16)9-11-2-4-13(21)5-3-11/h2-8H,9-10H2,1H3,(H2,23,25)/b16-8-. The van der Waals surface area contributed by atoms with Gasteiger partial charge in [-0.15, -0.1) is 0 Å². The van der Waals surface area contributed by atoms with E-state index in [1.54, 1.807) is 36.4 Å². The molecular weight excluding hydrogens is 451 g/mol. The Labute approximate surface area is 186 Å². The summed E-state index contributed by atoms with van der Waals surface area (Å²) in [6, 6.07) is 10.0. The number of carbonyl (C=O) groups is 3. The Morgan fingerprint density at radius 3 is 2.53 bits per heavy atom. The van der Waals surface area contributed by atoms with Gasteiger partial charge in [-0.2, -0.15) is 0 Å². The summed E-state index contributed by atoms with van der Waals surface area (Å²) in [4.78, 5) is 37.4. The summed E-state index contributed by atoms with van der Waals surface area (Å²) in [6.07, 6.45) is 1.54. The number of benzene rings is 2. The third-order valence-corrected chi connectivity index (χ3v) is 5.48. The highest BCUT2D eigenvalue weighted by atomic mass is 35.5. The van der Waals surface area contributed by atoms with Gasteiger partial charge in [-0.1, -0.05) is 35.3 Å². The van der Waals surface area contributed by atoms with Crippen LogP contribution in [0.5, 0.6) is 11.5 Å². The molecule has 7 nitrogen and oxygen atoms in total. The van der Waals surface area contributed by atoms with Crippen molar-refractivity contribution in [1.82, 2.24) is 4.90 Å². The number of nitrogens with two attached hydrogens (primary N) is 1. The van der Waals surface area contributed by atoms with Gasteiger partial charge in [0, 0.05) is 5.02 Å². The number of hydrogen-bond acceptors (Lipinski definition) is 6. The molecule has 2 aromatic rings. The summed E-state index contributed by atoms with van der Waals surface area (Å²) in [6.45, 7) is -0.220. The zero-order valence-electron chi connectivity index (χ0n) is 15.7. The third kappa shape index (κ3) is 5.08. The fourth-order valence-electron chi connectivity index (χ4n) is 2.67. The summed E-state index contributed by atoms with van der Waals surface area (Å²) in [5.41, 5.74) is 6.39. The Morgan fingerprint density at radius 2 is 1.90 bits per heavy atom. The minimum Gasteiger partial charge on any atom is -0.493 e. The second-order valence-electron chi connectivity index (χ2n) is 6.18. The van der Waals surface area contributed by atoms with Gasteiger partial charge in [-0.05, 0) is 53.2 Å². The number of methoxy groups -OCH3 is 1. The second-order valence-corrected chi connectivity index (χ2v) is 8.02. The van der Waals surface area contributed by atoms with Crippen molar-refractivity contribution in [2.24, 2.45) is 5.73 Å². The molecule has 0 radical (unpaired) electrons. The maximum absolute atomic E-state index is 12.7. The number of hydrogen-bond donors (Lipinski definition) is 1. The summed E-state index contributed by atoms with van der Waals surface area (Å²) >= 11 is 12.9. The molecule has 3 amide bonds. The molecule has 0 atom stereocenters. The summed E-state index contributed by atoms with van der Waals surface area (Å²) in [5.74, 6) is -0.656. The number of ether oxygens (including phenoxy) is 2. The number of primary amides is 1. The monoisotopic (exact) mass is 466 g/mol. The van der Waals surface area contributed by atoms with Gasteiger partial charge >= 0.3 is 0 Å². The van der Waals surface area contributed by atoms with E-state index in [2.05, 4.69) is 0 Å². The fourth-order valence-corrected chi connectivity index (χ4v) is 3.90. The molecule has 156 valence electrons. The van der Waals surface area contributed by atoms with Gasteiger partial charge < -0.3 is 15.2 Å². The average molecular weight is 467 g/mol. The van der Waals surface area contributed by atoms with E-state index in [4.69, 9.17) is 38.4 Å². The van der Waals surface area contributed by atoms with E-state index in [0.717, 1.165) is 22.2 Å². The number of imide groups is 1. The van der Waals surface area contributed by atoms with E-state index in [-0.39, 0.29) is 39.8 Å². The number of thioether (sulfide) groups is 1. The van der Waals surface area contributed by atoms with Crippen molar-refractivity contribution < 1.29 is 23.9 Å². The first-order chi connectivity index (χ1) is 14.3. The molecule has 2 aromatic carbocycles. The molecule has 0 aromatic heterocycles. The number of halogens is 2. The summed E-state index contributed by atoms with van der Waals surface area (Å²) in [5, 5.41) is 0.366. The molecule has 0 unspecified atom stereocenters. The van der Waals surface area contributed by atoms with E-state index in [1.807, 2.05) is 0 Å².